The minimum Gasteiger partial charge on any atom is -0.481 e. The van der Waals surface area contributed by atoms with Crippen LogP contribution in [0.15, 0.2) is 12.1 Å². The van der Waals surface area contributed by atoms with Gasteiger partial charge in [0.05, 0.1) is 12.0 Å². The topological polar surface area (TPSA) is 91.3 Å². The van der Waals surface area contributed by atoms with E-state index in [4.69, 9.17) is 10.5 Å². The summed E-state index contributed by atoms with van der Waals surface area (Å²) in [4.78, 5) is 14.6. The molecule has 0 amide bonds. The zero-order valence-electron chi connectivity index (χ0n) is 9.63. The van der Waals surface area contributed by atoms with E-state index in [1.165, 1.54) is 19.2 Å². The second-order valence-electron chi connectivity index (χ2n) is 4.28. The molecule has 0 bridgehead atoms. The number of ether oxygens (including phenoxy) is 1. The lowest BCUT2D eigenvalue weighted by molar-refractivity contribution is -0.386. The van der Waals surface area contributed by atoms with Crippen molar-refractivity contribution in [3.05, 3.63) is 27.9 Å². The van der Waals surface area contributed by atoms with E-state index in [2.05, 4.69) is 4.98 Å². The van der Waals surface area contributed by atoms with Crippen LogP contribution in [-0.4, -0.2) is 23.1 Å². The summed E-state index contributed by atoms with van der Waals surface area (Å²) in [7, 11) is 1.48. The average Bonchev–Trinajstić information content (AvgIpc) is 3.12. The van der Waals surface area contributed by atoms with Crippen LogP contribution < -0.4 is 10.5 Å². The number of pyridine rings is 1. The summed E-state index contributed by atoms with van der Waals surface area (Å²) in [5.74, 6) is 0.871. The van der Waals surface area contributed by atoms with E-state index in [1.807, 2.05) is 0 Å². The molecule has 0 saturated heterocycles. The quantitative estimate of drug-likeness (QED) is 0.615. The molecule has 1 heterocycles. The van der Waals surface area contributed by atoms with E-state index in [9.17, 15) is 10.1 Å². The molecule has 1 aromatic heterocycles. The van der Waals surface area contributed by atoms with Gasteiger partial charge in [0.15, 0.2) is 0 Å². The van der Waals surface area contributed by atoms with Crippen molar-refractivity contribution in [3.8, 4) is 5.88 Å². The molecule has 17 heavy (non-hydrogen) atoms. The molecule has 6 heteroatoms. The first-order valence-corrected chi connectivity index (χ1v) is 5.55. The third kappa shape index (κ3) is 2.71. The Morgan fingerprint density at radius 3 is 2.88 bits per heavy atom. The van der Waals surface area contributed by atoms with Crippen molar-refractivity contribution in [2.45, 2.75) is 25.3 Å². The van der Waals surface area contributed by atoms with E-state index in [-0.39, 0.29) is 11.7 Å². The van der Waals surface area contributed by atoms with Gasteiger partial charge in [-0.05, 0) is 18.8 Å². The molecule has 1 aromatic rings. The molecule has 2 N–H and O–H groups in total. The van der Waals surface area contributed by atoms with Gasteiger partial charge in [-0.15, -0.1) is 0 Å². The maximum Gasteiger partial charge on any atom is 0.291 e. The van der Waals surface area contributed by atoms with Gasteiger partial charge in [0.1, 0.15) is 5.69 Å². The van der Waals surface area contributed by atoms with Gasteiger partial charge in [0, 0.05) is 24.6 Å². The normalized spacial score (nSPS) is 16.6. The van der Waals surface area contributed by atoms with E-state index in [0.717, 1.165) is 12.8 Å². The SMILES string of the molecule is COc1ccc([N+](=O)[O-])c(CC(N)C2CC2)n1. The largest absolute Gasteiger partial charge is 0.481 e. The standard InChI is InChI=1S/C11H15N3O3/c1-17-11-5-4-10(14(15)16)9(13-11)6-8(12)7-2-3-7/h4-5,7-8H,2-3,6,12H2,1H3. The Hall–Kier alpha value is -1.69. The number of nitrogens with two attached hydrogens (primary N) is 1. The minimum atomic E-state index is -0.429. The lowest BCUT2D eigenvalue weighted by atomic mass is 10.1. The van der Waals surface area contributed by atoms with Gasteiger partial charge in [0.2, 0.25) is 5.88 Å². The van der Waals surface area contributed by atoms with Crippen LogP contribution in [0, 0.1) is 16.0 Å². The molecular weight excluding hydrogens is 222 g/mol. The smallest absolute Gasteiger partial charge is 0.291 e. The fourth-order valence-corrected chi connectivity index (χ4v) is 1.82. The molecular formula is C11H15N3O3. The van der Waals surface area contributed by atoms with Crippen LogP contribution in [0.1, 0.15) is 18.5 Å². The van der Waals surface area contributed by atoms with Crippen molar-refractivity contribution in [2.75, 3.05) is 7.11 Å². The van der Waals surface area contributed by atoms with Crippen LogP contribution in [0.5, 0.6) is 5.88 Å². The van der Waals surface area contributed by atoms with E-state index in [0.29, 0.717) is 23.9 Å². The van der Waals surface area contributed by atoms with Gasteiger partial charge >= 0.3 is 0 Å². The highest BCUT2D eigenvalue weighted by Crippen LogP contribution is 2.34. The predicted molar refractivity (Wildman–Crippen MR) is 61.8 cm³/mol. The first-order valence-electron chi connectivity index (χ1n) is 5.55. The molecule has 1 aliphatic rings. The molecule has 0 spiro atoms. The summed E-state index contributed by atoms with van der Waals surface area (Å²) in [6.07, 6.45) is 2.65. The first kappa shape index (κ1) is 11.8. The number of methoxy groups -OCH3 is 1. The van der Waals surface area contributed by atoms with Crippen molar-refractivity contribution >= 4 is 5.69 Å². The van der Waals surface area contributed by atoms with Crippen LogP contribution in [-0.2, 0) is 6.42 Å². The maximum atomic E-state index is 10.9. The van der Waals surface area contributed by atoms with Crippen LogP contribution in [0.25, 0.3) is 0 Å². The van der Waals surface area contributed by atoms with Crippen LogP contribution in [0.2, 0.25) is 0 Å². The van der Waals surface area contributed by atoms with Crippen molar-refractivity contribution in [1.82, 2.24) is 4.98 Å². The van der Waals surface area contributed by atoms with Crippen LogP contribution >= 0.6 is 0 Å². The summed E-state index contributed by atoms with van der Waals surface area (Å²) in [6.45, 7) is 0. The summed E-state index contributed by atoms with van der Waals surface area (Å²) in [5, 5.41) is 10.9. The fraction of sp³-hybridized carbons (Fsp3) is 0.545. The summed E-state index contributed by atoms with van der Waals surface area (Å²) < 4.78 is 4.97. The summed E-state index contributed by atoms with van der Waals surface area (Å²) in [6, 6.07) is 2.86. The molecule has 1 atom stereocenters. The van der Waals surface area contributed by atoms with Gasteiger partial charge in [0.25, 0.3) is 5.69 Å². The second kappa shape index (κ2) is 4.67. The first-order chi connectivity index (χ1) is 8.11. The van der Waals surface area contributed by atoms with E-state index in [1.54, 1.807) is 0 Å². The lowest BCUT2D eigenvalue weighted by Gasteiger charge is -2.10. The number of hydrogen-bond donors (Lipinski definition) is 1. The molecule has 1 unspecified atom stereocenters. The second-order valence-corrected chi connectivity index (χ2v) is 4.28. The van der Waals surface area contributed by atoms with Gasteiger partial charge < -0.3 is 10.5 Å². The number of nitro groups is 1. The zero-order chi connectivity index (χ0) is 12.4. The third-order valence-electron chi connectivity index (χ3n) is 2.99. The Morgan fingerprint density at radius 2 is 2.35 bits per heavy atom. The Morgan fingerprint density at radius 1 is 1.65 bits per heavy atom. The van der Waals surface area contributed by atoms with Crippen molar-refractivity contribution in [2.24, 2.45) is 11.7 Å². The molecule has 1 saturated carbocycles. The number of rotatable bonds is 5. The number of aromatic nitrogens is 1. The molecule has 0 aliphatic heterocycles. The highest BCUT2D eigenvalue weighted by atomic mass is 16.6. The summed E-state index contributed by atoms with van der Waals surface area (Å²) >= 11 is 0. The molecule has 1 aliphatic carbocycles. The molecule has 1 fully saturated rings. The van der Waals surface area contributed by atoms with Gasteiger partial charge in [-0.1, -0.05) is 0 Å². The van der Waals surface area contributed by atoms with Crippen LogP contribution in [0.3, 0.4) is 0 Å². The van der Waals surface area contributed by atoms with E-state index < -0.39 is 4.92 Å². The maximum absolute atomic E-state index is 10.9. The van der Waals surface area contributed by atoms with Crippen molar-refractivity contribution in [3.63, 3.8) is 0 Å². The molecule has 0 aromatic carbocycles. The van der Waals surface area contributed by atoms with Crippen LogP contribution in [0.4, 0.5) is 5.69 Å². The highest BCUT2D eigenvalue weighted by Gasteiger charge is 2.30. The molecule has 0 radical (unpaired) electrons. The lowest BCUT2D eigenvalue weighted by Crippen LogP contribution is -2.26. The minimum absolute atomic E-state index is 0.0156. The van der Waals surface area contributed by atoms with Gasteiger partial charge in [-0.2, -0.15) is 0 Å². The monoisotopic (exact) mass is 237 g/mol. The Kier molecular flexibility index (Phi) is 3.23. The average molecular weight is 237 g/mol. The van der Waals surface area contributed by atoms with Crippen molar-refractivity contribution < 1.29 is 9.66 Å². The van der Waals surface area contributed by atoms with Gasteiger partial charge in [-0.3, -0.25) is 10.1 Å². The third-order valence-corrected chi connectivity index (χ3v) is 2.99. The Bertz CT molecular complexity index is 432. The summed E-state index contributed by atoms with van der Waals surface area (Å²) in [5.41, 5.74) is 6.39. The Balaban J connectivity index is 2.23. The molecule has 92 valence electrons. The number of nitrogens with zero attached hydrogens (tertiary/aromatic N) is 2. The van der Waals surface area contributed by atoms with Gasteiger partial charge in [-0.25, -0.2) is 4.98 Å². The zero-order valence-corrected chi connectivity index (χ0v) is 9.63. The number of hydrogen-bond acceptors (Lipinski definition) is 5. The predicted octanol–water partition coefficient (Wildman–Crippen LogP) is 1.28. The molecule has 2 rings (SSSR count). The fourth-order valence-electron chi connectivity index (χ4n) is 1.82. The van der Waals surface area contributed by atoms with E-state index >= 15 is 0 Å². The molecule has 6 nitrogen and oxygen atoms in total. The Labute approximate surface area is 98.9 Å². The highest BCUT2D eigenvalue weighted by molar-refractivity contribution is 5.38. The van der Waals surface area contributed by atoms with Crippen molar-refractivity contribution in [1.29, 1.82) is 0 Å².